The fourth-order valence-electron chi connectivity index (χ4n) is 2.82. The molecule has 0 unspecified atom stereocenters. The third-order valence-corrected chi connectivity index (χ3v) is 4.13. The van der Waals surface area contributed by atoms with Gasteiger partial charge in [0, 0.05) is 38.1 Å². The Kier molecular flexibility index (Phi) is 4.61. The molecule has 7 heteroatoms. The lowest BCUT2D eigenvalue weighted by Crippen LogP contribution is -2.57. The van der Waals surface area contributed by atoms with Crippen molar-refractivity contribution in [2.75, 3.05) is 44.2 Å². The molecule has 118 valence electrons. The molecule has 0 bridgehead atoms. The van der Waals surface area contributed by atoms with E-state index in [0.29, 0.717) is 13.1 Å². The Bertz CT molecular complexity index is 557. The number of hydrogen-bond acceptors (Lipinski definition) is 5. The average Bonchev–Trinajstić information content (AvgIpc) is 2.89. The summed E-state index contributed by atoms with van der Waals surface area (Å²) >= 11 is 6.09. The SMILES string of the molecule is O=CCN1C=C(Cl)CN1N1CCN(c2ccc(F)cc2)CC1. The molecule has 2 aliphatic heterocycles. The Hall–Kier alpha value is -1.63. The van der Waals surface area contributed by atoms with Gasteiger partial charge in [-0.1, -0.05) is 11.6 Å². The quantitative estimate of drug-likeness (QED) is 0.786. The van der Waals surface area contributed by atoms with Crippen molar-refractivity contribution in [2.24, 2.45) is 0 Å². The molecule has 0 aromatic heterocycles. The minimum Gasteiger partial charge on any atom is -0.369 e. The predicted molar refractivity (Wildman–Crippen MR) is 83.6 cm³/mol. The third-order valence-electron chi connectivity index (χ3n) is 3.91. The van der Waals surface area contributed by atoms with Crippen LogP contribution in [0.1, 0.15) is 0 Å². The monoisotopic (exact) mass is 324 g/mol. The number of halogens is 2. The minimum absolute atomic E-state index is 0.218. The molecule has 0 saturated carbocycles. The van der Waals surface area contributed by atoms with E-state index >= 15 is 0 Å². The molecule has 1 saturated heterocycles. The van der Waals surface area contributed by atoms with Crippen molar-refractivity contribution in [1.29, 1.82) is 0 Å². The summed E-state index contributed by atoms with van der Waals surface area (Å²) in [5.41, 5.74) is 1.03. The third kappa shape index (κ3) is 3.24. The molecule has 0 spiro atoms. The number of nitrogens with zero attached hydrogens (tertiary/aromatic N) is 4. The number of anilines is 1. The fraction of sp³-hybridized carbons (Fsp3) is 0.400. The van der Waals surface area contributed by atoms with Crippen LogP contribution in [0.2, 0.25) is 0 Å². The topological polar surface area (TPSA) is 30.0 Å². The van der Waals surface area contributed by atoms with E-state index in [1.54, 1.807) is 18.3 Å². The Morgan fingerprint density at radius 1 is 1.14 bits per heavy atom. The van der Waals surface area contributed by atoms with Crippen molar-refractivity contribution in [3.05, 3.63) is 41.3 Å². The Morgan fingerprint density at radius 2 is 1.82 bits per heavy atom. The molecule has 5 nitrogen and oxygen atoms in total. The van der Waals surface area contributed by atoms with Crippen LogP contribution in [0.3, 0.4) is 0 Å². The van der Waals surface area contributed by atoms with Gasteiger partial charge in [0.15, 0.2) is 0 Å². The van der Waals surface area contributed by atoms with Gasteiger partial charge in [0.05, 0.1) is 18.1 Å². The smallest absolute Gasteiger partial charge is 0.140 e. The number of aldehydes is 1. The van der Waals surface area contributed by atoms with Gasteiger partial charge in [-0.05, 0) is 24.3 Å². The average molecular weight is 325 g/mol. The Balaban J connectivity index is 1.59. The lowest BCUT2D eigenvalue weighted by molar-refractivity contribution is -0.148. The van der Waals surface area contributed by atoms with Crippen molar-refractivity contribution >= 4 is 23.6 Å². The molecule has 0 radical (unpaired) electrons. The minimum atomic E-state index is -0.218. The van der Waals surface area contributed by atoms with E-state index in [-0.39, 0.29) is 5.82 Å². The zero-order valence-electron chi connectivity index (χ0n) is 12.2. The highest BCUT2D eigenvalue weighted by Gasteiger charge is 2.29. The number of hydrogen-bond donors (Lipinski definition) is 0. The van der Waals surface area contributed by atoms with Crippen LogP contribution in [0.4, 0.5) is 10.1 Å². The van der Waals surface area contributed by atoms with E-state index in [2.05, 4.69) is 9.91 Å². The van der Waals surface area contributed by atoms with Gasteiger partial charge in [-0.2, -0.15) is 0 Å². The Morgan fingerprint density at radius 3 is 2.45 bits per heavy atom. The summed E-state index contributed by atoms with van der Waals surface area (Å²) in [6.07, 6.45) is 2.66. The van der Waals surface area contributed by atoms with Gasteiger partial charge in [-0.3, -0.25) is 5.01 Å². The van der Waals surface area contributed by atoms with Gasteiger partial charge < -0.3 is 9.69 Å². The lowest BCUT2D eigenvalue weighted by Gasteiger charge is -2.43. The molecule has 0 aliphatic carbocycles. The molecule has 2 heterocycles. The first-order valence-corrected chi connectivity index (χ1v) is 7.64. The normalized spacial score (nSPS) is 20.4. The zero-order valence-corrected chi connectivity index (χ0v) is 12.9. The first kappa shape index (κ1) is 15.3. The van der Waals surface area contributed by atoms with Crippen molar-refractivity contribution in [3.63, 3.8) is 0 Å². The fourth-order valence-corrected chi connectivity index (χ4v) is 3.04. The molecule has 2 aliphatic rings. The summed E-state index contributed by atoms with van der Waals surface area (Å²) in [6, 6.07) is 6.57. The molecule has 1 aromatic rings. The maximum Gasteiger partial charge on any atom is 0.140 e. The van der Waals surface area contributed by atoms with Crippen LogP contribution < -0.4 is 4.90 Å². The second-order valence-corrected chi connectivity index (χ2v) is 5.80. The lowest BCUT2D eigenvalue weighted by atomic mass is 10.2. The number of benzene rings is 1. The molecule has 1 fully saturated rings. The standard InChI is InChI=1S/C15H18ClFN4O/c16-13-11-20(9-10-22)21(12-13)19-7-5-18(6-8-19)15-3-1-14(17)2-4-15/h1-4,10-11H,5-9,12H2. The van der Waals surface area contributed by atoms with E-state index in [1.165, 1.54) is 12.1 Å². The van der Waals surface area contributed by atoms with Crippen LogP contribution in [0, 0.1) is 5.82 Å². The van der Waals surface area contributed by atoms with Crippen LogP contribution in [0.5, 0.6) is 0 Å². The van der Waals surface area contributed by atoms with Crippen molar-refractivity contribution in [2.45, 2.75) is 0 Å². The highest BCUT2D eigenvalue weighted by Crippen LogP contribution is 2.22. The summed E-state index contributed by atoms with van der Waals surface area (Å²) in [4.78, 5) is 13.0. The molecular weight excluding hydrogens is 307 g/mol. The number of carbonyl (C=O) groups is 1. The van der Waals surface area contributed by atoms with Crippen LogP contribution in [0.15, 0.2) is 35.5 Å². The molecule has 0 amide bonds. The van der Waals surface area contributed by atoms with Crippen molar-refractivity contribution in [3.8, 4) is 0 Å². The maximum absolute atomic E-state index is 13.0. The molecular formula is C15H18ClFN4O. The van der Waals surface area contributed by atoms with Crippen molar-refractivity contribution in [1.82, 2.24) is 15.1 Å². The van der Waals surface area contributed by atoms with Crippen molar-refractivity contribution < 1.29 is 9.18 Å². The largest absolute Gasteiger partial charge is 0.369 e. The van der Waals surface area contributed by atoms with Crippen LogP contribution in [-0.4, -0.2) is 60.7 Å². The molecule has 0 atom stereocenters. The second kappa shape index (κ2) is 6.64. The number of hydrazine groups is 2. The first-order chi connectivity index (χ1) is 10.7. The van der Waals surface area contributed by atoms with Gasteiger partial charge in [0.25, 0.3) is 0 Å². The molecule has 0 N–H and O–H groups in total. The van der Waals surface area contributed by atoms with E-state index in [4.69, 9.17) is 11.6 Å². The number of piperazine rings is 1. The second-order valence-electron chi connectivity index (χ2n) is 5.31. The van der Waals surface area contributed by atoms with Gasteiger partial charge in [-0.15, -0.1) is 5.12 Å². The summed E-state index contributed by atoms with van der Waals surface area (Å²) in [5, 5.41) is 6.76. The summed E-state index contributed by atoms with van der Waals surface area (Å²) in [5.74, 6) is -0.218. The summed E-state index contributed by atoms with van der Waals surface area (Å²) in [6.45, 7) is 4.24. The maximum atomic E-state index is 13.0. The van der Waals surface area contributed by atoms with Gasteiger partial charge >= 0.3 is 0 Å². The zero-order chi connectivity index (χ0) is 15.5. The molecule has 1 aromatic carbocycles. The van der Waals surface area contributed by atoms with E-state index < -0.39 is 0 Å². The van der Waals surface area contributed by atoms with E-state index in [0.717, 1.165) is 43.2 Å². The first-order valence-electron chi connectivity index (χ1n) is 7.26. The van der Waals surface area contributed by atoms with Crippen LogP contribution >= 0.6 is 11.6 Å². The predicted octanol–water partition coefficient (Wildman–Crippen LogP) is 1.67. The van der Waals surface area contributed by atoms with Crippen LogP contribution in [-0.2, 0) is 4.79 Å². The van der Waals surface area contributed by atoms with E-state index in [9.17, 15) is 9.18 Å². The highest BCUT2D eigenvalue weighted by molar-refractivity contribution is 6.29. The van der Waals surface area contributed by atoms with Gasteiger partial charge in [0.1, 0.15) is 12.1 Å². The Labute approximate surface area is 134 Å². The number of carbonyl (C=O) groups excluding carboxylic acids is 1. The molecule has 22 heavy (non-hydrogen) atoms. The molecule has 3 rings (SSSR count). The highest BCUT2D eigenvalue weighted by atomic mass is 35.5. The van der Waals surface area contributed by atoms with E-state index in [1.807, 2.05) is 10.1 Å². The summed E-state index contributed by atoms with van der Waals surface area (Å²) in [7, 11) is 0. The van der Waals surface area contributed by atoms with Gasteiger partial charge in [-0.25, -0.2) is 9.40 Å². The summed E-state index contributed by atoms with van der Waals surface area (Å²) < 4.78 is 13.0. The van der Waals surface area contributed by atoms with Gasteiger partial charge in [0.2, 0.25) is 0 Å². The number of rotatable bonds is 4. The van der Waals surface area contributed by atoms with Crippen LogP contribution in [0.25, 0.3) is 0 Å².